The van der Waals surface area contributed by atoms with Crippen LogP contribution in [0.1, 0.15) is 59.8 Å². The molecule has 0 bridgehead atoms. The number of benzene rings is 1. The molecule has 0 spiro atoms. The molecule has 3 heteroatoms. The molecule has 0 fully saturated rings. The first-order chi connectivity index (χ1) is 9.68. The monoisotopic (exact) mass is 303 g/mol. The van der Waals surface area contributed by atoms with Gasteiger partial charge in [-0.15, -0.1) is 11.3 Å². The number of hydrogen-bond donors (Lipinski definition) is 1. The second kappa shape index (κ2) is 5.90. The lowest BCUT2D eigenvalue weighted by Crippen LogP contribution is -2.12. The Morgan fingerprint density at radius 3 is 2.29 bits per heavy atom. The van der Waals surface area contributed by atoms with E-state index in [2.05, 4.69) is 64.0 Å². The maximum absolute atomic E-state index is 10.5. The van der Waals surface area contributed by atoms with Crippen LogP contribution in [-0.2, 0) is 11.8 Å². The normalized spacial score (nSPS) is 13.5. The number of aryl methyl sites for hydroxylation is 3. The average Bonchev–Trinajstić information content (AvgIpc) is 2.82. The topological polar surface area (TPSA) is 33.1 Å². The van der Waals surface area contributed by atoms with Gasteiger partial charge >= 0.3 is 0 Å². The predicted molar refractivity (Wildman–Crippen MR) is 90.1 cm³/mol. The summed E-state index contributed by atoms with van der Waals surface area (Å²) in [5.74, 6) is 0. The third-order valence-electron chi connectivity index (χ3n) is 3.93. The molecule has 1 unspecified atom stereocenters. The van der Waals surface area contributed by atoms with Gasteiger partial charge < -0.3 is 5.11 Å². The fraction of sp³-hybridized carbons (Fsp3) is 0.500. The quantitative estimate of drug-likeness (QED) is 0.896. The van der Waals surface area contributed by atoms with Gasteiger partial charge in [-0.3, -0.25) is 0 Å². The number of aromatic nitrogens is 1. The zero-order valence-corrected chi connectivity index (χ0v) is 14.6. The lowest BCUT2D eigenvalue weighted by Gasteiger charge is -2.16. The lowest BCUT2D eigenvalue weighted by molar-refractivity contribution is 0.177. The summed E-state index contributed by atoms with van der Waals surface area (Å²) in [6.07, 6.45) is 0.104. The molecule has 0 saturated carbocycles. The van der Waals surface area contributed by atoms with E-state index >= 15 is 0 Å². The molecule has 21 heavy (non-hydrogen) atoms. The first kappa shape index (κ1) is 16.2. The molecule has 0 aliphatic rings. The Balaban J connectivity index is 2.20. The van der Waals surface area contributed by atoms with E-state index in [1.54, 1.807) is 11.3 Å². The van der Waals surface area contributed by atoms with Crippen LogP contribution < -0.4 is 0 Å². The molecule has 1 aromatic carbocycles. The molecule has 1 heterocycles. The highest BCUT2D eigenvalue weighted by atomic mass is 32.1. The summed E-state index contributed by atoms with van der Waals surface area (Å²) < 4.78 is 0. The molecule has 1 N–H and O–H groups in total. The highest BCUT2D eigenvalue weighted by Crippen LogP contribution is 2.28. The maximum atomic E-state index is 10.5. The summed E-state index contributed by atoms with van der Waals surface area (Å²) in [6, 6.07) is 4.25. The van der Waals surface area contributed by atoms with E-state index in [0.29, 0.717) is 6.42 Å². The molecule has 2 rings (SSSR count). The summed E-state index contributed by atoms with van der Waals surface area (Å²) in [5, 5.41) is 13.7. The van der Waals surface area contributed by atoms with Crippen LogP contribution in [0.4, 0.5) is 0 Å². The van der Waals surface area contributed by atoms with Crippen molar-refractivity contribution < 1.29 is 5.11 Å². The Morgan fingerprint density at radius 2 is 1.71 bits per heavy atom. The van der Waals surface area contributed by atoms with Gasteiger partial charge in [0.25, 0.3) is 0 Å². The second-order valence-corrected chi connectivity index (χ2v) is 7.83. The Labute approximate surface area is 131 Å². The van der Waals surface area contributed by atoms with Gasteiger partial charge in [-0.2, -0.15) is 0 Å². The van der Waals surface area contributed by atoms with Crippen LogP contribution in [0.3, 0.4) is 0 Å². The third-order valence-corrected chi connectivity index (χ3v) is 4.80. The molecule has 114 valence electrons. The summed E-state index contributed by atoms with van der Waals surface area (Å²) in [6.45, 7) is 12.7. The van der Waals surface area contributed by atoms with E-state index in [1.807, 2.05) is 0 Å². The van der Waals surface area contributed by atoms with Crippen LogP contribution in [-0.4, -0.2) is 10.1 Å². The third kappa shape index (κ3) is 3.72. The van der Waals surface area contributed by atoms with Crippen molar-refractivity contribution in [3.8, 4) is 0 Å². The van der Waals surface area contributed by atoms with Gasteiger partial charge in [0.15, 0.2) is 0 Å². The van der Waals surface area contributed by atoms with E-state index < -0.39 is 6.10 Å². The van der Waals surface area contributed by atoms with Crippen LogP contribution >= 0.6 is 11.3 Å². The summed E-state index contributed by atoms with van der Waals surface area (Å²) in [7, 11) is 0. The van der Waals surface area contributed by atoms with Gasteiger partial charge in [0, 0.05) is 17.2 Å². The summed E-state index contributed by atoms with van der Waals surface area (Å²) >= 11 is 1.64. The van der Waals surface area contributed by atoms with Gasteiger partial charge in [0.1, 0.15) is 0 Å². The number of aliphatic hydroxyl groups excluding tert-OH is 1. The Bertz CT molecular complexity index is 637. The Hall–Kier alpha value is -1.19. The number of thiazole rings is 1. The molecular formula is C18H25NOS. The summed E-state index contributed by atoms with van der Waals surface area (Å²) in [4.78, 5) is 4.68. The minimum Gasteiger partial charge on any atom is -0.388 e. The molecule has 1 aromatic heterocycles. The van der Waals surface area contributed by atoms with E-state index in [0.717, 1.165) is 21.8 Å². The SMILES string of the molecule is Cc1cc(C)c(C(O)Cc2nc(C(C)(C)C)cs2)cc1C. The predicted octanol–water partition coefficient (Wildman–Crippen LogP) is 4.64. The second-order valence-electron chi connectivity index (χ2n) is 6.89. The van der Waals surface area contributed by atoms with Crippen LogP contribution in [0, 0.1) is 20.8 Å². The van der Waals surface area contributed by atoms with Crippen LogP contribution in [0.15, 0.2) is 17.5 Å². The maximum Gasteiger partial charge on any atom is 0.0957 e. The van der Waals surface area contributed by atoms with Crippen molar-refractivity contribution in [3.05, 3.63) is 50.5 Å². The van der Waals surface area contributed by atoms with Gasteiger partial charge in [-0.1, -0.05) is 32.9 Å². The van der Waals surface area contributed by atoms with Crippen LogP contribution in [0.25, 0.3) is 0 Å². The minimum atomic E-state index is -0.483. The van der Waals surface area contributed by atoms with Crippen molar-refractivity contribution >= 4 is 11.3 Å². The number of hydrogen-bond acceptors (Lipinski definition) is 3. The highest BCUT2D eigenvalue weighted by molar-refractivity contribution is 7.09. The van der Waals surface area contributed by atoms with Gasteiger partial charge in [-0.05, 0) is 43.0 Å². The van der Waals surface area contributed by atoms with Crippen molar-refractivity contribution in [3.63, 3.8) is 0 Å². The molecule has 0 saturated heterocycles. The summed E-state index contributed by atoms with van der Waals surface area (Å²) in [5.41, 5.74) is 5.84. The number of rotatable bonds is 3. The first-order valence-electron chi connectivity index (χ1n) is 7.39. The van der Waals surface area contributed by atoms with E-state index in [9.17, 15) is 5.11 Å². The van der Waals surface area contributed by atoms with Gasteiger partial charge in [0.05, 0.1) is 16.8 Å². The minimum absolute atomic E-state index is 0.0655. The van der Waals surface area contributed by atoms with Crippen LogP contribution in [0.2, 0.25) is 0 Å². The average molecular weight is 303 g/mol. The van der Waals surface area contributed by atoms with Gasteiger partial charge in [-0.25, -0.2) is 4.98 Å². The van der Waals surface area contributed by atoms with Crippen molar-refractivity contribution in [2.24, 2.45) is 0 Å². The molecule has 0 aliphatic heterocycles. The van der Waals surface area contributed by atoms with Crippen LogP contribution in [0.5, 0.6) is 0 Å². The molecule has 1 atom stereocenters. The fourth-order valence-corrected chi connectivity index (χ4v) is 3.43. The number of aliphatic hydroxyl groups is 1. The van der Waals surface area contributed by atoms with E-state index in [4.69, 9.17) is 0 Å². The fourth-order valence-electron chi connectivity index (χ4n) is 2.37. The van der Waals surface area contributed by atoms with Gasteiger partial charge in [0.2, 0.25) is 0 Å². The molecule has 2 nitrogen and oxygen atoms in total. The molecule has 0 radical (unpaired) electrons. The zero-order chi connectivity index (χ0) is 15.8. The van der Waals surface area contributed by atoms with Crippen molar-refractivity contribution in [2.75, 3.05) is 0 Å². The lowest BCUT2D eigenvalue weighted by atomic mass is 9.93. The van der Waals surface area contributed by atoms with E-state index in [-0.39, 0.29) is 5.41 Å². The van der Waals surface area contributed by atoms with Crippen molar-refractivity contribution in [1.29, 1.82) is 0 Å². The van der Waals surface area contributed by atoms with Crippen molar-refractivity contribution in [1.82, 2.24) is 4.98 Å². The molecular weight excluding hydrogens is 278 g/mol. The highest BCUT2D eigenvalue weighted by Gasteiger charge is 2.19. The smallest absolute Gasteiger partial charge is 0.0957 e. The number of nitrogens with zero attached hydrogens (tertiary/aromatic N) is 1. The standard InChI is InChI=1S/C18H25NOS/c1-11-7-13(3)14(8-12(11)2)15(20)9-17-19-16(10-21-17)18(4,5)6/h7-8,10,15,20H,9H2,1-6H3. The molecule has 0 amide bonds. The molecule has 2 aromatic rings. The van der Waals surface area contributed by atoms with Crippen molar-refractivity contribution in [2.45, 2.75) is 59.5 Å². The largest absolute Gasteiger partial charge is 0.388 e. The Morgan fingerprint density at radius 1 is 1.10 bits per heavy atom. The van der Waals surface area contributed by atoms with E-state index in [1.165, 1.54) is 11.1 Å². The molecule has 0 aliphatic carbocycles. The Kier molecular flexibility index (Phi) is 4.54. The first-order valence-corrected chi connectivity index (χ1v) is 8.27. The zero-order valence-electron chi connectivity index (χ0n) is 13.8.